The molecule has 0 aliphatic heterocycles. The van der Waals surface area contributed by atoms with E-state index >= 15 is 0 Å². The second kappa shape index (κ2) is 8.93. The van der Waals surface area contributed by atoms with Crippen LogP contribution in [0.2, 0.25) is 0 Å². The van der Waals surface area contributed by atoms with Crippen molar-refractivity contribution in [2.24, 2.45) is 0 Å². The molecule has 0 radical (unpaired) electrons. The fourth-order valence-corrected chi connectivity index (χ4v) is 3.39. The smallest absolute Gasteiger partial charge is 0.234 e. The highest BCUT2D eigenvalue weighted by Crippen LogP contribution is 2.23. The molecule has 2 aromatic carbocycles. The number of ether oxygens (including phenoxy) is 1. The van der Waals surface area contributed by atoms with E-state index in [1.807, 2.05) is 64.1 Å². The summed E-state index contributed by atoms with van der Waals surface area (Å²) in [5.41, 5.74) is 5.22. The molecule has 6 nitrogen and oxygen atoms in total. The van der Waals surface area contributed by atoms with Crippen molar-refractivity contribution < 1.29 is 9.53 Å². The Kier molecular flexibility index (Phi) is 6.36. The minimum Gasteiger partial charge on any atom is -0.485 e. The van der Waals surface area contributed by atoms with E-state index in [-0.39, 0.29) is 11.7 Å². The number of aromatic amines is 1. The monoisotopic (exact) mass is 396 g/mol. The van der Waals surface area contributed by atoms with E-state index in [1.165, 1.54) is 11.8 Å². The van der Waals surface area contributed by atoms with Gasteiger partial charge in [-0.25, -0.2) is 4.98 Å². The third kappa shape index (κ3) is 4.92. The average Bonchev–Trinajstić information content (AvgIpc) is 3.11. The molecule has 0 unspecified atom stereocenters. The summed E-state index contributed by atoms with van der Waals surface area (Å²) in [5, 5.41) is 10.5. The van der Waals surface area contributed by atoms with Gasteiger partial charge in [0.15, 0.2) is 5.82 Å². The molecule has 2 N–H and O–H groups in total. The third-order valence-electron chi connectivity index (χ3n) is 4.48. The van der Waals surface area contributed by atoms with E-state index in [0.29, 0.717) is 17.6 Å². The van der Waals surface area contributed by atoms with E-state index in [2.05, 4.69) is 20.5 Å². The first-order chi connectivity index (χ1) is 13.4. The molecule has 3 rings (SSSR count). The molecule has 0 saturated heterocycles. The van der Waals surface area contributed by atoms with Gasteiger partial charge in [-0.15, -0.1) is 5.10 Å². The fraction of sp³-hybridized carbons (Fsp3) is 0.286. The number of carbonyl (C=O) groups is 1. The number of thioether (sulfide) groups is 1. The normalized spacial score (nSPS) is 10.7. The first-order valence-electron chi connectivity index (χ1n) is 9.03. The van der Waals surface area contributed by atoms with Gasteiger partial charge in [0.25, 0.3) is 0 Å². The standard InChI is InChI=1S/C21H24N4O2S/c1-13-7-6-10-17(16(13)4)22-19(26)12-28-21-23-18(24-25-21)11-27-20-14(2)8-5-9-15(20)3/h5-10H,11-12H2,1-4H3,(H,22,26)(H,23,24,25). The van der Waals surface area contributed by atoms with Gasteiger partial charge in [-0.1, -0.05) is 42.1 Å². The highest BCUT2D eigenvalue weighted by Gasteiger charge is 2.11. The summed E-state index contributed by atoms with van der Waals surface area (Å²) in [6, 6.07) is 11.9. The van der Waals surface area contributed by atoms with Gasteiger partial charge in [0.2, 0.25) is 11.1 Å². The number of amides is 1. The van der Waals surface area contributed by atoms with Crippen LogP contribution in [0.25, 0.3) is 0 Å². The molecule has 28 heavy (non-hydrogen) atoms. The molecule has 146 valence electrons. The number of anilines is 1. The molecule has 0 saturated carbocycles. The molecule has 7 heteroatoms. The Morgan fingerprint density at radius 2 is 1.75 bits per heavy atom. The van der Waals surface area contributed by atoms with Gasteiger partial charge in [-0.2, -0.15) is 0 Å². The molecule has 0 bridgehead atoms. The minimum atomic E-state index is -0.0863. The summed E-state index contributed by atoms with van der Waals surface area (Å²) in [6.45, 7) is 8.34. The molecule has 0 spiro atoms. The maximum absolute atomic E-state index is 12.2. The quantitative estimate of drug-likeness (QED) is 0.581. The van der Waals surface area contributed by atoms with Crippen LogP contribution < -0.4 is 10.1 Å². The lowest BCUT2D eigenvalue weighted by Crippen LogP contribution is -2.15. The van der Waals surface area contributed by atoms with Gasteiger partial charge in [-0.05, 0) is 56.0 Å². The van der Waals surface area contributed by atoms with Crippen molar-refractivity contribution in [3.8, 4) is 5.75 Å². The number of H-pyrrole nitrogens is 1. The second-order valence-corrected chi connectivity index (χ2v) is 7.60. The largest absolute Gasteiger partial charge is 0.485 e. The summed E-state index contributed by atoms with van der Waals surface area (Å²) in [4.78, 5) is 16.6. The van der Waals surface area contributed by atoms with Gasteiger partial charge in [0, 0.05) is 5.69 Å². The Labute approximate surface area is 169 Å². The Bertz CT molecular complexity index is 964. The molecule has 0 aliphatic rings. The summed E-state index contributed by atoms with van der Waals surface area (Å²) in [6.07, 6.45) is 0. The summed E-state index contributed by atoms with van der Waals surface area (Å²) >= 11 is 1.29. The SMILES string of the molecule is Cc1cccc(NC(=O)CSc2n[nH]c(COc3c(C)cccc3C)n2)c1C. The number of benzene rings is 2. The lowest BCUT2D eigenvalue weighted by atomic mass is 10.1. The lowest BCUT2D eigenvalue weighted by molar-refractivity contribution is -0.113. The second-order valence-electron chi connectivity index (χ2n) is 6.66. The lowest BCUT2D eigenvalue weighted by Gasteiger charge is -2.10. The van der Waals surface area contributed by atoms with Crippen molar-refractivity contribution in [2.75, 3.05) is 11.1 Å². The van der Waals surface area contributed by atoms with Crippen LogP contribution in [0.1, 0.15) is 28.1 Å². The predicted octanol–water partition coefficient (Wildman–Crippen LogP) is 4.35. The van der Waals surface area contributed by atoms with Gasteiger partial charge >= 0.3 is 0 Å². The number of para-hydroxylation sites is 1. The maximum atomic E-state index is 12.2. The van der Waals surface area contributed by atoms with Crippen LogP contribution in [0.3, 0.4) is 0 Å². The summed E-state index contributed by atoms with van der Waals surface area (Å²) in [7, 11) is 0. The van der Waals surface area contributed by atoms with E-state index in [1.54, 1.807) is 0 Å². The summed E-state index contributed by atoms with van der Waals surface area (Å²) < 4.78 is 5.87. The number of rotatable bonds is 7. The van der Waals surface area contributed by atoms with Crippen molar-refractivity contribution in [1.29, 1.82) is 0 Å². The molecule has 1 aromatic heterocycles. The zero-order valence-electron chi connectivity index (χ0n) is 16.5. The zero-order valence-corrected chi connectivity index (χ0v) is 17.3. The highest BCUT2D eigenvalue weighted by molar-refractivity contribution is 7.99. The van der Waals surface area contributed by atoms with Crippen molar-refractivity contribution in [3.63, 3.8) is 0 Å². The number of hydrogen-bond donors (Lipinski definition) is 2. The summed E-state index contributed by atoms with van der Waals surface area (Å²) in [5.74, 6) is 1.64. The minimum absolute atomic E-state index is 0.0863. The van der Waals surface area contributed by atoms with E-state index in [9.17, 15) is 4.79 Å². The Morgan fingerprint density at radius 3 is 2.50 bits per heavy atom. The molecule has 0 fully saturated rings. The molecule has 1 heterocycles. The van der Waals surface area contributed by atoms with E-state index < -0.39 is 0 Å². The Balaban J connectivity index is 1.52. The number of hydrogen-bond acceptors (Lipinski definition) is 5. The van der Waals surface area contributed by atoms with Crippen molar-refractivity contribution >= 4 is 23.4 Å². The number of aryl methyl sites for hydroxylation is 3. The predicted molar refractivity (Wildman–Crippen MR) is 112 cm³/mol. The molecule has 0 atom stereocenters. The van der Waals surface area contributed by atoms with Crippen LogP contribution in [-0.4, -0.2) is 26.8 Å². The maximum Gasteiger partial charge on any atom is 0.234 e. The van der Waals surface area contributed by atoms with Crippen molar-refractivity contribution in [1.82, 2.24) is 15.2 Å². The van der Waals surface area contributed by atoms with Crippen LogP contribution in [-0.2, 0) is 11.4 Å². The zero-order chi connectivity index (χ0) is 20.1. The molecule has 0 aliphatic carbocycles. The molecule has 1 amide bonds. The van der Waals surface area contributed by atoms with Crippen LogP contribution in [0, 0.1) is 27.7 Å². The van der Waals surface area contributed by atoms with Gasteiger partial charge in [0.05, 0.1) is 5.75 Å². The van der Waals surface area contributed by atoms with Crippen LogP contribution >= 0.6 is 11.8 Å². The first-order valence-corrected chi connectivity index (χ1v) is 10.0. The van der Waals surface area contributed by atoms with Gasteiger partial charge < -0.3 is 10.1 Å². The number of aromatic nitrogens is 3. The van der Waals surface area contributed by atoms with Crippen LogP contribution in [0.15, 0.2) is 41.6 Å². The average molecular weight is 397 g/mol. The fourth-order valence-electron chi connectivity index (χ4n) is 2.78. The van der Waals surface area contributed by atoms with Gasteiger partial charge in [-0.3, -0.25) is 9.89 Å². The first kappa shape index (κ1) is 19.9. The van der Waals surface area contributed by atoms with E-state index in [0.717, 1.165) is 33.7 Å². The third-order valence-corrected chi connectivity index (χ3v) is 5.33. The van der Waals surface area contributed by atoms with Crippen LogP contribution in [0.5, 0.6) is 5.75 Å². The number of nitrogens with zero attached hydrogens (tertiary/aromatic N) is 2. The Morgan fingerprint density at radius 1 is 1.07 bits per heavy atom. The molecular weight excluding hydrogens is 372 g/mol. The van der Waals surface area contributed by atoms with Gasteiger partial charge in [0.1, 0.15) is 12.4 Å². The van der Waals surface area contributed by atoms with Crippen molar-refractivity contribution in [2.45, 2.75) is 39.5 Å². The number of carbonyl (C=O) groups excluding carboxylic acids is 1. The molecule has 3 aromatic rings. The van der Waals surface area contributed by atoms with Crippen LogP contribution in [0.4, 0.5) is 5.69 Å². The highest BCUT2D eigenvalue weighted by atomic mass is 32.2. The Hall–Kier alpha value is -2.80. The van der Waals surface area contributed by atoms with E-state index in [4.69, 9.17) is 4.74 Å². The van der Waals surface area contributed by atoms with Crippen molar-refractivity contribution in [3.05, 3.63) is 64.5 Å². The molecular formula is C21H24N4O2S. The topological polar surface area (TPSA) is 79.9 Å². The number of nitrogens with one attached hydrogen (secondary N) is 2.